The number of nitrogens with one attached hydrogen (secondary N) is 2. The van der Waals surface area contributed by atoms with Gasteiger partial charge in [-0.25, -0.2) is 4.98 Å². The van der Waals surface area contributed by atoms with Gasteiger partial charge in [0.25, 0.3) is 5.91 Å². The van der Waals surface area contributed by atoms with Gasteiger partial charge in [0.2, 0.25) is 17.3 Å². The molecule has 0 radical (unpaired) electrons. The van der Waals surface area contributed by atoms with Gasteiger partial charge in [0, 0.05) is 44.6 Å². The van der Waals surface area contributed by atoms with E-state index >= 15 is 0 Å². The summed E-state index contributed by atoms with van der Waals surface area (Å²) in [4.78, 5) is 49.0. The molecule has 2 N–H and O–H groups in total. The summed E-state index contributed by atoms with van der Waals surface area (Å²) in [5.74, 6) is 0.106. The zero-order valence-electron chi connectivity index (χ0n) is 19.4. The van der Waals surface area contributed by atoms with Gasteiger partial charge >= 0.3 is 0 Å². The minimum absolute atomic E-state index is 0.0928. The molecule has 0 bridgehead atoms. The van der Waals surface area contributed by atoms with E-state index < -0.39 is 5.91 Å². The summed E-state index contributed by atoms with van der Waals surface area (Å²) in [6, 6.07) is 5.52. The van der Waals surface area contributed by atoms with Crippen LogP contribution < -0.4 is 21.0 Å². The topological polar surface area (TPSA) is 109 Å². The van der Waals surface area contributed by atoms with Gasteiger partial charge < -0.3 is 20.1 Å². The van der Waals surface area contributed by atoms with Crippen molar-refractivity contribution in [1.82, 2.24) is 19.9 Å². The number of benzene rings is 1. The Labute approximate surface area is 197 Å². The third-order valence-electron chi connectivity index (χ3n) is 6.62. The van der Waals surface area contributed by atoms with Crippen LogP contribution in [0.2, 0.25) is 0 Å². The number of hydrogen-bond donors (Lipinski definition) is 2. The van der Waals surface area contributed by atoms with E-state index in [2.05, 4.69) is 25.5 Å². The van der Waals surface area contributed by atoms with Crippen molar-refractivity contribution in [3.63, 3.8) is 0 Å². The highest BCUT2D eigenvalue weighted by molar-refractivity contribution is 5.97. The summed E-state index contributed by atoms with van der Waals surface area (Å²) in [5.41, 5.74) is 3.13. The smallest absolute Gasteiger partial charge is 0.257 e. The molecule has 1 unspecified atom stereocenters. The Morgan fingerprint density at radius 3 is 2.74 bits per heavy atom. The number of nitrogens with zero attached hydrogens (tertiary/aromatic N) is 4. The molecule has 34 heavy (non-hydrogen) atoms. The first kappa shape index (κ1) is 22.1. The number of rotatable bonds is 5. The van der Waals surface area contributed by atoms with E-state index in [1.54, 1.807) is 12.4 Å². The van der Waals surface area contributed by atoms with Crippen LogP contribution in [0.3, 0.4) is 0 Å². The highest BCUT2D eigenvalue weighted by Gasteiger charge is 2.26. The maximum absolute atomic E-state index is 13.2. The fraction of sp³-hybridized carbons (Fsp3) is 0.400. The molecule has 1 aliphatic heterocycles. The van der Waals surface area contributed by atoms with E-state index in [0.717, 1.165) is 55.6 Å². The lowest BCUT2D eigenvalue weighted by molar-refractivity contribution is -0.114. The van der Waals surface area contributed by atoms with Crippen molar-refractivity contribution >= 4 is 34.5 Å². The van der Waals surface area contributed by atoms with Crippen LogP contribution in [0.1, 0.15) is 60.6 Å². The number of pyridine rings is 1. The molecule has 1 aliphatic carbocycles. The Balaban J connectivity index is 1.43. The summed E-state index contributed by atoms with van der Waals surface area (Å²) in [7, 11) is 0. The molecule has 0 saturated carbocycles. The third-order valence-corrected chi connectivity index (χ3v) is 6.62. The molecule has 1 aromatic carbocycles. The second kappa shape index (κ2) is 8.89. The van der Waals surface area contributed by atoms with Crippen molar-refractivity contribution in [2.45, 2.75) is 52.1 Å². The third kappa shape index (κ3) is 4.02. The standard InChI is InChI=1S/C25H28N6O3/c1-3-30-14-20(22(33)19-13-26-25(29-23(19)30)31-10-4-5-11-31)24(34)28-21-9-6-16-12-17(27-15(2)32)7-8-18(16)21/h7-8,12-14,21H,3-6,9-11H2,1-2H3,(H,27,32)(H,28,34). The highest BCUT2D eigenvalue weighted by atomic mass is 16.2. The summed E-state index contributed by atoms with van der Waals surface area (Å²) < 4.78 is 1.84. The number of hydrogen-bond acceptors (Lipinski definition) is 6. The zero-order valence-corrected chi connectivity index (χ0v) is 19.4. The number of aryl methyl sites for hydroxylation is 2. The number of carbonyl (C=O) groups is 2. The largest absolute Gasteiger partial charge is 0.345 e. The molecule has 1 fully saturated rings. The van der Waals surface area contributed by atoms with Crippen molar-refractivity contribution in [1.29, 1.82) is 0 Å². The quantitative estimate of drug-likeness (QED) is 0.606. The minimum atomic E-state index is -0.401. The maximum Gasteiger partial charge on any atom is 0.257 e. The molecular formula is C25H28N6O3. The van der Waals surface area contributed by atoms with Crippen LogP contribution in [0.15, 0.2) is 35.4 Å². The summed E-state index contributed by atoms with van der Waals surface area (Å²) in [5, 5.41) is 6.18. The normalized spacial score (nSPS) is 17.1. The van der Waals surface area contributed by atoms with Crippen molar-refractivity contribution in [3.05, 3.63) is 57.5 Å². The molecular weight excluding hydrogens is 432 g/mol. The molecule has 5 rings (SSSR count). The Bertz CT molecular complexity index is 1340. The first-order chi connectivity index (χ1) is 16.4. The molecule has 2 amide bonds. The van der Waals surface area contributed by atoms with Crippen LogP contribution in [-0.4, -0.2) is 39.4 Å². The fourth-order valence-corrected chi connectivity index (χ4v) is 4.92. The lowest BCUT2D eigenvalue weighted by atomic mass is 10.1. The van der Waals surface area contributed by atoms with Crippen molar-refractivity contribution in [2.24, 2.45) is 0 Å². The Morgan fingerprint density at radius 1 is 1.21 bits per heavy atom. The van der Waals surface area contributed by atoms with Crippen molar-refractivity contribution in [2.75, 3.05) is 23.3 Å². The second-order valence-electron chi connectivity index (χ2n) is 8.92. The first-order valence-electron chi connectivity index (χ1n) is 11.8. The Kier molecular flexibility index (Phi) is 5.77. The van der Waals surface area contributed by atoms with E-state index in [4.69, 9.17) is 0 Å². The lowest BCUT2D eigenvalue weighted by Crippen LogP contribution is -2.32. The van der Waals surface area contributed by atoms with Crippen LogP contribution in [0.25, 0.3) is 11.0 Å². The fourth-order valence-electron chi connectivity index (χ4n) is 4.92. The Hall–Kier alpha value is -3.75. The SMILES string of the molecule is CCn1cc(C(=O)NC2CCc3cc(NC(C)=O)ccc32)c(=O)c2cnc(N3CCCC3)nc21. The average Bonchev–Trinajstić information content (AvgIpc) is 3.49. The highest BCUT2D eigenvalue weighted by Crippen LogP contribution is 2.33. The molecule has 1 saturated heterocycles. The van der Waals surface area contributed by atoms with Crippen LogP contribution in [0.5, 0.6) is 0 Å². The van der Waals surface area contributed by atoms with E-state index in [9.17, 15) is 14.4 Å². The molecule has 1 atom stereocenters. The minimum Gasteiger partial charge on any atom is -0.345 e. The molecule has 9 nitrogen and oxygen atoms in total. The summed E-state index contributed by atoms with van der Waals surface area (Å²) in [6.45, 7) is 5.84. The number of carbonyl (C=O) groups excluding carboxylic acids is 2. The Morgan fingerprint density at radius 2 is 2.00 bits per heavy atom. The summed E-state index contributed by atoms with van der Waals surface area (Å²) >= 11 is 0. The van der Waals surface area contributed by atoms with Gasteiger partial charge in [-0.15, -0.1) is 0 Å². The van der Waals surface area contributed by atoms with E-state index in [1.807, 2.05) is 29.7 Å². The van der Waals surface area contributed by atoms with Gasteiger partial charge in [0.15, 0.2) is 0 Å². The van der Waals surface area contributed by atoms with Gasteiger partial charge in [-0.2, -0.15) is 4.98 Å². The molecule has 9 heteroatoms. The number of fused-ring (bicyclic) bond motifs is 2. The number of amides is 2. The van der Waals surface area contributed by atoms with Crippen molar-refractivity contribution in [3.8, 4) is 0 Å². The average molecular weight is 461 g/mol. The van der Waals surface area contributed by atoms with E-state index in [1.165, 1.54) is 6.92 Å². The van der Waals surface area contributed by atoms with Crippen LogP contribution in [0.4, 0.5) is 11.6 Å². The molecule has 2 aliphatic rings. The summed E-state index contributed by atoms with van der Waals surface area (Å²) in [6.07, 6.45) is 6.91. The molecule has 3 heterocycles. The molecule has 176 valence electrons. The first-order valence-corrected chi connectivity index (χ1v) is 11.8. The van der Waals surface area contributed by atoms with Gasteiger partial charge in [0.1, 0.15) is 11.2 Å². The predicted molar refractivity (Wildman–Crippen MR) is 130 cm³/mol. The van der Waals surface area contributed by atoms with Gasteiger partial charge in [-0.05, 0) is 55.9 Å². The van der Waals surface area contributed by atoms with Crippen LogP contribution in [0, 0.1) is 0 Å². The molecule has 3 aromatic rings. The monoisotopic (exact) mass is 460 g/mol. The lowest BCUT2D eigenvalue weighted by Gasteiger charge is -2.18. The van der Waals surface area contributed by atoms with Crippen LogP contribution >= 0.6 is 0 Å². The second-order valence-corrected chi connectivity index (χ2v) is 8.92. The van der Waals surface area contributed by atoms with Gasteiger partial charge in [-0.1, -0.05) is 6.07 Å². The van der Waals surface area contributed by atoms with Crippen molar-refractivity contribution < 1.29 is 9.59 Å². The van der Waals surface area contributed by atoms with E-state index in [-0.39, 0.29) is 22.9 Å². The number of anilines is 2. The zero-order chi connectivity index (χ0) is 23.8. The van der Waals surface area contributed by atoms with Gasteiger partial charge in [-0.3, -0.25) is 14.4 Å². The maximum atomic E-state index is 13.2. The molecule has 2 aromatic heterocycles. The number of aromatic nitrogens is 3. The predicted octanol–water partition coefficient (Wildman–Crippen LogP) is 2.79. The van der Waals surface area contributed by atoms with Crippen LogP contribution in [-0.2, 0) is 17.8 Å². The van der Waals surface area contributed by atoms with Gasteiger partial charge in [0.05, 0.1) is 11.4 Å². The molecule has 0 spiro atoms. The van der Waals surface area contributed by atoms with E-state index in [0.29, 0.717) is 23.5 Å².